The Bertz CT molecular complexity index is 7250. The van der Waals surface area contributed by atoms with Crippen molar-refractivity contribution < 1.29 is 0 Å². The molecular formula is C108H66N6. The van der Waals surface area contributed by atoms with E-state index in [1.54, 1.807) is 0 Å². The van der Waals surface area contributed by atoms with Crippen molar-refractivity contribution in [3.8, 4) is 146 Å². The zero-order chi connectivity index (χ0) is 74.7. The van der Waals surface area contributed by atoms with E-state index in [4.69, 9.17) is 19.9 Å². The molecule has 0 N–H and O–H groups in total. The highest BCUT2D eigenvalue weighted by atomic mass is 15.1. The first-order valence-corrected chi connectivity index (χ1v) is 39.2. The smallest absolute Gasteiger partial charge is 0.160 e. The lowest BCUT2D eigenvalue weighted by molar-refractivity contribution is 0.794. The Hall–Kier alpha value is -15.0. The van der Waals surface area contributed by atoms with Crippen LogP contribution < -0.4 is 0 Å². The first-order chi connectivity index (χ1) is 56.5. The van der Waals surface area contributed by atoms with Crippen molar-refractivity contribution in [2.75, 3.05) is 0 Å². The molecule has 3 aromatic heterocycles. The molecule has 6 nitrogen and oxygen atoms in total. The van der Waals surface area contributed by atoms with Crippen molar-refractivity contribution in [3.63, 3.8) is 0 Å². The molecular weight excluding hydrogens is 1380 g/mol. The number of aromatic nitrogens is 6. The van der Waals surface area contributed by atoms with Gasteiger partial charge in [-0.2, -0.15) is 0 Å². The molecule has 17 aromatic carbocycles. The van der Waals surface area contributed by atoms with Crippen LogP contribution in [-0.2, 0) is 10.8 Å². The summed E-state index contributed by atoms with van der Waals surface area (Å²) in [6.07, 6.45) is 0. The number of hydrogen-bond acceptors (Lipinski definition) is 4. The highest BCUT2D eigenvalue weighted by Gasteiger charge is 2.53. The monoisotopic (exact) mass is 1450 g/mol. The number of imidazole rings is 2. The van der Waals surface area contributed by atoms with Gasteiger partial charge in [-0.15, -0.1) is 0 Å². The molecule has 528 valence electrons. The largest absolute Gasteiger partial charge is 0.292 e. The lowest BCUT2D eigenvalue weighted by Gasteiger charge is -2.31. The van der Waals surface area contributed by atoms with Crippen LogP contribution in [0.1, 0.15) is 44.5 Å². The molecule has 0 saturated heterocycles. The zero-order valence-electron chi connectivity index (χ0n) is 61.8. The topological polar surface area (TPSA) is 61.4 Å². The average molecular weight is 1450 g/mol. The van der Waals surface area contributed by atoms with Crippen LogP contribution in [0.3, 0.4) is 0 Å². The van der Waals surface area contributed by atoms with E-state index in [2.05, 4.69) is 410 Å². The summed E-state index contributed by atoms with van der Waals surface area (Å²) in [5, 5.41) is 0.945. The normalized spacial score (nSPS) is 13.2. The molecule has 0 unspecified atom stereocenters. The molecule has 0 saturated carbocycles. The van der Waals surface area contributed by atoms with Crippen molar-refractivity contribution in [2.45, 2.75) is 10.8 Å². The first kappa shape index (κ1) is 63.9. The van der Waals surface area contributed by atoms with Gasteiger partial charge in [0.05, 0.1) is 44.1 Å². The maximum absolute atomic E-state index is 5.96. The summed E-state index contributed by atoms with van der Waals surface area (Å²) >= 11 is 0. The lowest BCUT2D eigenvalue weighted by Crippen LogP contribution is -2.25. The summed E-state index contributed by atoms with van der Waals surface area (Å²) in [6, 6.07) is 147. The number of benzene rings is 17. The van der Waals surface area contributed by atoms with E-state index in [1.807, 2.05) is 0 Å². The Morgan fingerprint density at radius 3 is 0.939 bits per heavy atom. The minimum Gasteiger partial charge on any atom is -0.292 e. The summed E-state index contributed by atoms with van der Waals surface area (Å²) in [4.78, 5) is 22.6. The number of rotatable bonds is 10. The lowest BCUT2D eigenvalue weighted by atomic mass is 9.70. The molecule has 114 heavy (non-hydrogen) atoms. The zero-order valence-corrected chi connectivity index (χ0v) is 61.8. The fourth-order valence-electron chi connectivity index (χ4n) is 19.9. The Kier molecular flexibility index (Phi) is 13.9. The van der Waals surface area contributed by atoms with Crippen molar-refractivity contribution >= 4 is 33.0 Å². The molecule has 4 aliphatic carbocycles. The number of nitrogens with zero attached hydrogens (tertiary/aromatic N) is 6. The third-order valence-corrected chi connectivity index (χ3v) is 24.8. The highest BCUT2D eigenvalue weighted by Crippen LogP contribution is 2.65. The highest BCUT2D eigenvalue weighted by molar-refractivity contribution is 6.07. The molecule has 6 heteroatoms. The molecule has 0 fully saturated rings. The molecule has 0 atom stereocenters. The predicted octanol–water partition coefficient (Wildman–Crippen LogP) is 26.3. The second-order valence-corrected chi connectivity index (χ2v) is 30.6. The van der Waals surface area contributed by atoms with Crippen LogP contribution in [-0.4, -0.2) is 29.1 Å². The van der Waals surface area contributed by atoms with Gasteiger partial charge < -0.3 is 0 Å². The van der Waals surface area contributed by atoms with Gasteiger partial charge in [0.15, 0.2) is 5.82 Å². The summed E-state index contributed by atoms with van der Waals surface area (Å²) in [7, 11) is 0. The molecule has 0 amide bonds. The van der Waals surface area contributed by atoms with Gasteiger partial charge in [-0.1, -0.05) is 328 Å². The van der Waals surface area contributed by atoms with E-state index in [-0.39, 0.29) is 0 Å². The van der Waals surface area contributed by atoms with E-state index < -0.39 is 10.8 Å². The Labute approximate surface area is 659 Å². The van der Waals surface area contributed by atoms with E-state index in [0.717, 1.165) is 128 Å². The standard InChI is InChI=1S/C108H66N6/c1-5-25-71(26-6-1)105-109-98-65-74(55-59-100(98)113(105)78-29-9-3-10-30-78)67-45-49-69(50-46-67)102-89-62-77(73-53-57-86-84-37-17-23-43-94(84)107(96(86)63-73)90-39-19-13-33-80(90)81-34-14-20-40-91(81)107)61-88(76-54-58-87-85-38-18-24-44-95(85)108(97(87)64-76)92-41-21-15-35-82(92)83-36-16-22-42-93(83)108)103(89)112-104(111-102)70-51-47-68(48-52-70)75-56-60-101-99(66-75)110-106(72-27-7-2-8-28-72)114(101)79-31-11-4-12-32-79/h1-66H. The van der Waals surface area contributed by atoms with E-state index in [9.17, 15) is 0 Å². The van der Waals surface area contributed by atoms with E-state index in [0.29, 0.717) is 5.82 Å². The SMILES string of the molecule is c1ccc(-c2nc3cc(-c4ccc(-c5nc(-c6ccc(-c7ccc8c(c7)nc(-c7ccccc7)n8-c7ccccc7)cc6)c6cc(-c7ccc8c(c7)C7(c9ccccc9-c9ccccc97)c7ccccc7-8)cc(-c7ccc8c(c7)C7(c9ccccc9-c9ccccc97)c7ccccc7-8)c6n5)cc4)ccc3n2-c2ccccc2)cc1. The second-order valence-electron chi connectivity index (χ2n) is 30.6. The first-order valence-electron chi connectivity index (χ1n) is 39.2. The van der Waals surface area contributed by atoms with Crippen molar-refractivity contribution in [1.29, 1.82) is 0 Å². The van der Waals surface area contributed by atoms with Crippen LogP contribution in [0.15, 0.2) is 400 Å². The van der Waals surface area contributed by atoms with Crippen molar-refractivity contribution in [1.82, 2.24) is 29.1 Å². The number of hydrogen-bond donors (Lipinski definition) is 0. The maximum atomic E-state index is 5.96. The van der Waals surface area contributed by atoms with E-state index >= 15 is 0 Å². The van der Waals surface area contributed by atoms with Gasteiger partial charge in [0.25, 0.3) is 0 Å². The Balaban J connectivity index is 0.729. The fraction of sp³-hybridized carbons (Fsp3) is 0.0185. The van der Waals surface area contributed by atoms with Gasteiger partial charge in [0.2, 0.25) is 0 Å². The fourth-order valence-corrected chi connectivity index (χ4v) is 19.9. The quantitative estimate of drug-likeness (QED) is 0.137. The Morgan fingerprint density at radius 1 is 0.193 bits per heavy atom. The third kappa shape index (κ3) is 9.25. The molecule has 24 rings (SSSR count). The third-order valence-electron chi connectivity index (χ3n) is 24.8. The average Bonchev–Trinajstić information content (AvgIpc) is 1.51. The van der Waals surface area contributed by atoms with Crippen LogP contribution in [0.5, 0.6) is 0 Å². The van der Waals surface area contributed by atoms with Crippen LogP contribution in [0.4, 0.5) is 0 Å². The van der Waals surface area contributed by atoms with Gasteiger partial charge in [-0.05, 0) is 201 Å². The Morgan fingerprint density at radius 2 is 0.518 bits per heavy atom. The van der Waals surface area contributed by atoms with Gasteiger partial charge in [0, 0.05) is 44.6 Å². The summed E-state index contributed by atoms with van der Waals surface area (Å²) in [5.74, 6) is 2.42. The van der Waals surface area contributed by atoms with Gasteiger partial charge >= 0.3 is 0 Å². The summed E-state index contributed by atoms with van der Waals surface area (Å²) < 4.78 is 4.54. The van der Waals surface area contributed by atoms with Crippen LogP contribution >= 0.6 is 0 Å². The van der Waals surface area contributed by atoms with E-state index in [1.165, 1.54) is 89.0 Å². The van der Waals surface area contributed by atoms with Crippen molar-refractivity contribution in [3.05, 3.63) is 445 Å². The molecule has 0 bridgehead atoms. The molecule has 4 aliphatic rings. The summed E-state index contributed by atoms with van der Waals surface area (Å²) in [6.45, 7) is 0. The number of para-hydroxylation sites is 2. The second kappa shape index (κ2) is 24.8. The minimum atomic E-state index is -0.582. The van der Waals surface area contributed by atoms with Gasteiger partial charge in [-0.3, -0.25) is 9.13 Å². The minimum absolute atomic E-state index is 0.549. The van der Waals surface area contributed by atoms with Crippen LogP contribution in [0, 0.1) is 0 Å². The van der Waals surface area contributed by atoms with Gasteiger partial charge in [-0.25, -0.2) is 19.9 Å². The molecule has 20 aromatic rings. The predicted molar refractivity (Wildman–Crippen MR) is 465 cm³/mol. The van der Waals surface area contributed by atoms with Crippen molar-refractivity contribution in [2.24, 2.45) is 0 Å². The van der Waals surface area contributed by atoms with Crippen LogP contribution in [0.2, 0.25) is 0 Å². The summed E-state index contributed by atoms with van der Waals surface area (Å²) in [5.41, 5.74) is 39.5. The molecule has 2 spiro atoms. The molecule has 3 heterocycles. The van der Waals surface area contributed by atoms with Gasteiger partial charge in [0.1, 0.15) is 11.6 Å². The molecule has 0 radical (unpaired) electrons. The van der Waals surface area contributed by atoms with Crippen LogP contribution in [0.25, 0.3) is 179 Å². The molecule has 0 aliphatic heterocycles. The maximum Gasteiger partial charge on any atom is 0.160 e. The number of fused-ring (bicyclic) bond motifs is 23.